The normalized spacial score (nSPS) is 10.8. The maximum atomic E-state index is 11.6. The van der Waals surface area contributed by atoms with Crippen LogP contribution in [0.15, 0.2) is 52.7 Å². The second-order valence-electron chi connectivity index (χ2n) is 3.92. The first-order valence-corrected chi connectivity index (χ1v) is 7.70. The lowest BCUT2D eigenvalue weighted by Gasteiger charge is -2.00. The van der Waals surface area contributed by atoms with E-state index in [2.05, 4.69) is 15.5 Å². The molecular weight excluding hydrogens is 329 g/mol. The molecule has 0 bridgehead atoms. The average Bonchev–Trinajstić information content (AvgIpc) is 2.48. The lowest BCUT2D eigenvalue weighted by Crippen LogP contribution is -2.19. The summed E-state index contributed by atoms with van der Waals surface area (Å²) in [6.07, 6.45) is 3.16. The predicted molar refractivity (Wildman–Crippen MR) is 87.2 cm³/mol. The second-order valence-corrected chi connectivity index (χ2v) is 5.75. The summed E-state index contributed by atoms with van der Waals surface area (Å²) in [4.78, 5) is 15.7. The SMILES string of the molecule is O=C(CSc1ccccn1)NN=Cc1ccc(Cl)cc1Cl. The van der Waals surface area contributed by atoms with E-state index in [9.17, 15) is 4.79 Å². The largest absolute Gasteiger partial charge is 0.272 e. The first-order valence-electron chi connectivity index (χ1n) is 5.96. The van der Waals surface area contributed by atoms with Crippen LogP contribution in [-0.2, 0) is 4.79 Å². The van der Waals surface area contributed by atoms with E-state index in [4.69, 9.17) is 23.2 Å². The van der Waals surface area contributed by atoms with Crippen LogP contribution in [0.3, 0.4) is 0 Å². The molecular formula is C14H11Cl2N3OS. The van der Waals surface area contributed by atoms with Crippen LogP contribution in [0.2, 0.25) is 10.0 Å². The van der Waals surface area contributed by atoms with Gasteiger partial charge in [0, 0.05) is 16.8 Å². The molecule has 0 aliphatic heterocycles. The zero-order valence-corrected chi connectivity index (χ0v) is 13.1. The van der Waals surface area contributed by atoms with Gasteiger partial charge in [-0.05, 0) is 24.3 Å². The van der Waals surface area contributed by atoms with Gasteiger partial charge in [-0.15, -0.1) is 0 Å². The molecule has 0 aliphatic rings. The zero-order chi connectivity index (χ0) is 15.1. The number of carbonyl (C=O) groups is 1. The highest BCUT2D eigenvalue weighted by Crippen LogP contribution is 2.19. The summed E-state index contributed by atoms with van der Waals surface area (Å²) in [5.41, 5.74) is 3.11. The first-order chi connectivity index (χ1) is 10.1. The van der Waals surface area contributed by atoms with E-state index in [-0.39, 0.29) is 11.7 Å². The Hall–Kier alpha value is -1.56. The van der Waals surface area contributed by atoms with Crippen molar-refractivity contribution in [2.24, 2.45) is 5.10 Å². The zero-order valence-electron chi connectivity index (χ0n) is 10.8. The van der Waals surface area contributed by atoms with Crippen LogP contribution in [0, 0.1) is 0 Å². The molecule has 1 aromatic carbocycles. The standard InChI is InChI=1S/C14H11Cl2N3OS/c15-11-5-4-10(12(16)7-11)8-18-19-13(20)9-21-14-3-1-2-6-17-14/h1-8H,9H2,(H,19,20). The smallest absolute Gasteiger partial charge is 0.250 e. The number of nitrogens with one attached hydrogen (secondary N) is 1. The van der Waals surface area contributed by atoms with Crippen LogP contribution in [0.25, 0.3) is 0 Å². The number of pyridine rings is 1. The maximum Gasteiger partial charge on any atom is 0.250 e. The number of thioether (sulfide) groups is 1. The summed E-state index contributed by atoms with van der Waals surface area (Å²) in [6, 6.07) is 10.6. The molecule has 1 aromatic heterocycles. The number of aromatic nitrogens is 1. The molecule has 1 N–H and O–H groups in total. The van der Waals surface area contributed by atoms with Crippen LogP contribution < -0.4 is 5.43 Å². The quantitative estimate of drug-likeness (QED) is 0.514. The Bertz CT molecular complexity index is 650. The fourth-order valence-corrected chi connectivity index (χ4v) is 2.50. The summed E-state index contributed by atoms with van der Waals surface area (Å²) >= 11 is 13.1. The topological polar surface area (TPSA) is 54.4 Å². The van der Waals surface area contributed by atoms with Crippen molar-refractivity contribution in [3.05, 3.63) is 58.2 Å². The second kappa shape index (κ2) is 8.02. The van der Waals surface area contributed by atoms with Gasteiger partial charge in [0.2, 0.25) is 5.91 Å². The minimum absolute atomic E-state index is 0.216. The summed E-state index contributed by atoms with van der Waals surface area (Å²) in [7, 11) is 0. The van der Waals surface area contributed by atoms with Gasteiger partial charge in [0.25, 0.3) is 0 Å². The van der Waals surface area contributed by atoms with E-state index in [0.29, 0.717) is 15.6 Å². The number of hydrogen-bond donors (Lipinski definition) is 1. The molecule has 0 atom stereocenters. The lowest BCUT2D eigenvalue weighted by atomic mass is 10.2. The third-order valence-electron chi connectivity index (χ3n) is 2.34. The van der Waals surface area contributed by atoms with E-state index >= 15 is 0 Å². The van der Waals surface area contributed by atoms with Crippen LogP contribution in [0.4, 0.5) is 0 Å². The molecule has 21 heavy (non-hydrogen) atoms. The third-order valence-corrected chi connectivity index (χ3v) is 3.85. The number of hydrazone groups is 1. The molecule has 1 heterocycles. The fourth-order valence-electron chi connectivity index (χ4n) is 1.38. The van der Waals surface area contributed by atoms with E-state index in [1.165, 1.54) is 18.0 Å². The van der Waals surface area contributed by atoms with Crippen molar-refractivity contribution in [2.45, 2.75) is 5.03 Å². The fraction of sp³-hybridized carbons (Fsp3) is 0.0714. The Morgan fingerprint density at radius 2 is 2.19 bits per heavy atom. The predicted octanol–water partition coefficient (Wildman–Crippen LogP) is 3.63. The van der Waals surface area contributed by atoms with Crippen molar-refractivity contribution in [3.8, 4) is 0 Å². The van der Waals surface area contributed by atoms with Gasteiger partial charge in [0.05, 0.1) is 22.0 Å². The Labute approximate surface area is 136 Å². The minimum Gasteiger partial charge on any atom is -0.272 e. The molecule has 2 rings (SSSR count). The number of benzene rings is 1. The summed E-state index contributed by atoms with van der Waals surface area (Å²) < 4.78 is 0. The molecule has 0 fully saturated rings. The molecule has 0 radical (unpaired) electrons. The highest BCUT2D eigenvalue weighted by atomic mass is 35.5. The first kappa shape index (κ1) is 15.8. The molecule has 0 saturated carbocycles. The molecule has 0 saturated heterocycles. The number of nitrogens with zero attached hydrogens (tertiary/aromatic N) is 2. The third kappa shape index (κ3) is 5.38. The van der Waals surface area contributed by atoms with Crippen molar-refractivity contribution >= 4 is 47.1 Å². The molecule has 0 unspecified atom stereocenters. The van der Waals surface area contributed by atoms with E-state index < -0.39 is 0 Å². The molecule has 7 heteroatoms. The Morgan fingerprint density at radius 3 is 2.90 bits per heavy atom. The number of halogens is 2. The summed E-state index contributed by atoms with van der Waals surface area (Å²) in [5.74, 6) is 0.0230. The van der Waals surface area contributed by atoms with Crippen LogP contribution in [-0.4, -0.2) is 22.9 Å². The van der Waals surface area contributed by atoms with E-state index in [1.54, 1.807) is 24.4 Å². The van der Waals surface area contributed by atoms with E-state index in [0.717, 1.165) is 5.03 Å². The number of carbonyl (C=O) groups excluding carboxylic acids is 1. The molecule has 2 aromatic rings. The van der Waals surface area contributed by atoms with Crippen LogP contribution in [0.5, 0.6) is 0 Å². The van der Waals surface area contributed by atoms with Crippen LogP contribution >= 0.6 is 35.0 Å². The van der Waals surface area contributed by atoms with Crippen molar-refractivity contribution in [3.63, 3.8) is 0 Å². The van der Waals surface area contributed by atoms with Crippen molar-refractivity contribution in [1.29, 1.82) is 0 Å². The monoisotopic (exact) mass is 339 g/mol. The number of hydrogen-bond acceptors (Lipinski definition) is 4. The van der Waals surface area contributed by atoms with Crippen LogP contribution in [0.1, 0.15) is 5.56 Å². The van der Waals surface area contributed by atoms with Gasteiger partial charge >= 0.3 is 0 Å². The highest BCUT2D eigenvalue weighted by molar-refractivity contribution is 7.99. The molecule has 0 spiro atoms. The molecule has 1 amide bonds. The maximum absolute atomic E-state index is 11.6. The minimum atomic E-state index is -0.216. The summed E-state index contributed by atoms with van der Waals surface area (Å²) in [5, 5.41) is 5.67. The number of amides is 1. The van der Waals surface area contributed by atoms with Gasteiger partial charge in [-0.1, -0.05) is 47.1 Å². The molecule has 4 nitrogen and oxygen atoms in total. The van der Waals surface area contributed by atoms with Gasteiger partial charge in [0.15, 0.2) is 0 Å². The Kier molecular flexibility index (Phi) is 6.04. The number of rotatable bonds is 5. The molecule has 108 valence electrons. The van der Waals surface area contributed by atoms with Crippen molar-refractivity contribution in [1.82, 2.24) is 10.4 Å². The van der Waals surface area contributed by atoms with Crippen molar-refractivity contribution in [2.75, 3.05) is 5.75 Å². The van der Waals surface area contributed by atoms with E-state index in [1.807, 2.05) is 18.2 Å². The Balaban J connectivity index is 1.82. The Morgan fingerprint density at radius 1 is 1.33 bits per heavy atom. The highest BCUT2D eigenvalue weighted by Gasteiger charge is 2.02. The molecule has 0 aliphatic carbocycles. The lowest BCUT2D eigenvalue weighted by molar-refractivity contribution is -0.118. The van der Waals surface area contributed by atoms with Crippen molar-refractivity contribution < 1.29 is 4.79 Å². The van der Waals surface area contributed by atoms with Gasteiger partial charge < -0.3 is 0 Å². The van der Waals surface area contributed by atoms with Gasteiger partial charge in [-0.2, -0.15) is 5.10 Å². The van der Waals surface area contributed by atoms with Gasteiger partial charge in [0.1, 0.15) is 0 Å². The summed E-state index contributed by atoms with van der Waals surface area (Å²) in [6.45, 7) is 0. The van der Waals surface area contributed by atoms with Gasteiger partial charge in [-0.3, -0.25) is 4.79 Å². The van der Waals surface area contributed by atoms with Gasteiger partial charge in [-0.25, -0.2) is 10.4 Å². The average molecular weight is 340 g/mol.